The molecular formula is C21H29NO2. The molecule has 0 saturated heterocycles. The molecule has 3 heteroatoms. The van der Waals surface area contributed by atoms with Gasteiger partial charge in [-0.2, -0.15) is 0 Å². The Kier molecular flexibility index (Phi) is 9.88. The Morgan fingerprint density at radius 3 is 2.42 bits per heavy atom. The molecule has 0 amide bonds. The summed E-state index contributed by atoms with van der Waals surface area (Å²) in [6, 6.07) is 6.79. The van der Waals surface area contributed by atoms with Crippen LogP contribution in [0.2, 0.25) is 0 Å². The smallest absolute Gasteiger partial charge is 0.335 e. The van der Waals surface area contributed by atoms with Gasteiger partial charge in [0.2, 0.25) is 0 Å². The quantitative estimate of drug-likeness (QED) is 0.580. The second-order valence-electron chi connectivity index (χ2n) is 5.04. The molecule has 0 aliphatic carbocycles. The zero-order chi connectivity index (χ0) is 18.7. The first kappa shape index (κ1) is 21.4. The average molecular weight is 327 g/mol. The van der Waals surface area contributed by atoms with Gasteiger partial charge >= 0.3 is 5.97 Å². The topological polar surface area (TPSA) is 40.5 Å². The summed E-state index contributed by atoms with van der Waals surface area (Å²) >= 11 is 0. The molecule has 1 N–H and O–H groups in total. The molecular weight excluding hydrogens is 298 g/mol. The lowest BCUT2D eigenvalue weighted by molar-refractivity contribution is 0.0697. The van der Waals surface area contributed by atoms with Crippen molar-refractivity contribution in [3.63, 3.8) is 0 Å². The third-order valence-corrected chi connectivity index (χ3v) is 3.30. The van der Waals surface area contributed by atoms with E-state index in [-0.39, 0.29) is 5.56 Å². The molecule has 130 valence electrons. The second-order valence-corrected chi connectivity index (χ2v) is 5.04. The average Bonchev–Trinajstić information content (AvgIpc) is 2.57. The highest BCUT2D eigenvalue weighted by Crippen LogP contribution is 2.29. The fourth-order valence-electron chi connectivity index (χ4n) is 2.16. The maximum Gasteiger partial charge on any atom is 0.335 e. The summed E-state index contributed by atoms with van der Waals surface area (Å²) < 4.78 is 0. The monoisotopic (exact) mass is 327 g/mol. The molecule has 1 aromatic carbocycles. The van der Waals surface area contributed by atoms with Gasteiger partial charge in [0.1, 0.15) is 0 Å². The first-order valence-corrected chi connectivity index (χ1v) is 8.22. The van der Waals surface area contributed by atoms with Crippen molar-refractivity contribution < 1.29 is 9.90 Å². The summed E-state index contributed by atoms with van der Waals surface area (Å²) in [6.45, 7) is 20.0. The molecule has 0 saturated carbocycles. The number of allylic oxidation sites excluding steroid dienone is 4. The number of hydrogen-bond donors (Lipinski definition) is 1. The van der Waals surface area contributed by atoms with Crippen LogP contribution in [-0.4, -0.2) is 11.1 Å². The van der Waals surface area contributed by atoms with E-state index in [4.69, 9.17) is 0 Å². The fraction of sp³-hybridized carbons (Fsp3) is 0.286. The molecule has 0 spiro atoms. The Hall–Kier alpha value is -2.55. The van der Waals surface area contributed by atoms with Gasteiger partial charge in [-0.15, -0.1) is 0 Å². The van der Waals surface area contributed by atoms with Crippen molar-refractivity contribution in [2.24, 2.45) is 0 Å². The third kappa shape index (κ3) is 5.92. The first-order valence-electron chi connectivity index (χ1n) is 8.22. The molecule has 1 aromatic rings. The van der Waals surface area contributed by atoms with Crippen LogP contribution < -0.4 is 4.90 Å². The van der Waals surface area contributed by atoms with E-state index in [0.29, 0.717) is 0 Å². The van der Waals surface area contributed by atoms with Gasteiger partial charge in [0, 0.05) is 17.1 Å². The largest absolute Gasteiger partial charge is 0.478 e. The minimum absolute atomic E-state index is 0.241. The number of carbonyl (C=O) groups is 1. The lowest BCUT2D eigenvalue weighted by Crippen LogP contribution is -2.21. The Bertz CT molecular complexity index is 626. The lowest BCUT2D eigenvalue weighted by Gasteiger charge is -2.29. The van der Waals surface area contributed by atoms with Crippen LogP contribution in [0.4, 0.5) is 5.69 Å². The van der Waals surface area contributed by atoms with Gasteiger partial charge in [0.15, 0.2) is 0 Å². The van der Waals surface area contributed by atoms with Gasteiger partial charge in [0.25, 0.3) is 0 Å². The summed E-state index contributed by atoms with van der Waals surface area (Å²) in [5.74, 6) is -0.952. The summed E-state index contributed by atoms with van der Waals surface area (Å²) in [5, 5.41) is 9.18. The van der Waals surface area contributed by atoms with E-state index in [1.807, 2.05) is 37.8 Å². The van der Waals surface area contributed by atoms with Crippen molar-refractivity contribution in [3.8, 4) is 0 Å². The van der Waals surface area contributed by atoms with Crippen molar-refractivity contribution in [1.29, 1.82) is 0 Å². The Balaban J connectivity index is 0.00000254. The van der Waals surface area contributed by atoms with Crippen LogP contribution in [0, 0.1) is 0 Å². The number of carboxylic acids is 1. The molecule has 0 radical (unpaired) electrons. The van der Waals surface area contributed by atoms with Gasteiger partial charge in [-0.1, -0.05) is 65.1 Å². The highest BCUT2D eigenvalue weighted by Gasteiger charge is 2.16. The number of rotatable bonds is 8. The van der Waals surface area contributed by atoms with E-state index in [1.165, 1.54) is 0 Å². The highest BCUT2D eigenvalue weighted by atomic mass is 16.4. The summed E-state index contributed by atoms with van der Waals surface area (Å²) in [7, 11) is 0. The number of hydrogen-bond acceptors (Lipinski definition) is 2. The van der Waals surface area contributed by atoms with Crippen molar-refractivity contribution in [3.05, 3.63) is 78.7 Å². The van der Waals surface area contributed by atoms with Crippen molar-refractivity contribution >= 4 is 11.7 Å². The summed E-state index contributed by atoms with van der Waals surface area (Å²) in [6.07, 6.45) is 5.33. The van der Waals surface area contributed by atoms with Gasteiger partial charge in [-0.05, 0) is 37.1 Å². The van der Waals surface area contributed by atoms with Crippen LogP contribution in [0.1, 0.15) is 50.9 Å². The molecule has 0 aromatic heterocycles. The summed E-state index contributed by atoms with van der Waals surface area (Å²) in [5.41, 5.74) is 3.59. The molecule has 0 fully saturated rings. The zero-order valence-corrected chi connectivity index (χ0v) is 15.3. The molecule has 1 rings (SSSR count). The molecule has 0 aliphatic heterocycles. The fourth-order valence-corrected chi connectivity index (χ4v) is 2.16. The predicted octanol–water partition coefficient (Wildman–Crippen LogP) is 6.18. The Labute approximate surface area is 146 Å². The maximum absolute atomic E-state index is 11.2. The van der Waals surface area contributed by atoms with Gasteiger partial charge < -0.3 is 10.0 Å². The van der Waals surface area contributed by atoms with Crippen LogP contribution in [0.3, 0.4) is 0 Å². The van der Waals surface area contributed by atoms with E-state index < -0.39 is 5.97 Å². The minimum atomic E-state index is -0.952. The number of nitrogens with zero attached hydrogens (tertiary/aromatic N) is 1. The van der Waals surface area contributed by atoms with Crippen molar-refractivity contribution in [2.45, 2.75) is 40.5 Å². The van der Waals surface area contributed by atoms with Crippen molar-refractivity contribution in [2.75, 3.05) is 4.90 Å². The van der Waals surface area contributed by atoms with E-state index in [2.05, 4.69) is 26.7 Å². The minimum Gasteiger partial charge on any atom is -0.478 e. The summed E-state index contributed by atoms with van der Waals surface area (Å²) in [4.78, 5) is 13.1. The standard InChI is InChI=1S/C19H23NO2.C2H6/c1-6-9-14(3)16(5)20(15(4)10-7-2)18-12-8-11-17(13-18)19(21)22;1-2/h6,8-9,11-13H,1,4-5,7,10H2,2-3H3,(H,21,22);1-2H3/b14-9+;. The molecule has 0 atom stereocenters. The van der Waals surface area contributed by atoms with Crippen LogP contribution in [0.25, 0.3) is 0 Å². The number of benzene rings is 1. The first-order chi connectivity index (χ1) is 11.4. The highest BCUT2D eigenvalue weighted by molar-refractivity contribution is 5.89. The third-order valence-electron chi connectivity index (χ3n) is 3.30. The lowest BCUT2D eigenvalue weighted by atomic mass is 10.1. The van der Waals surface area contributed by atoms with E-state index >= 15 is 0 Å². The number of carboxylic acid groups (broad SMARTS) is 1. The van der Waals surface area contributed by atoms with E-state index in [0.717, 1.165) is 35.5 Å². The Morgan fingerprint density at radius 1 is 1.29 bits per heavy atom. The predicted molar refractivity (Wildman–Crippen MR) is 104 cm³/mol. The van der Waals surface area contributed by atoms with E-state index in [9.17, 15) is 9.90 Å². The van der Waals surface area contributed by atoms with Gasteiger partial charge in [-0.3, -0.25) is 0 Å². The molecule has 0 bridgehead atoms. The molecule has 0 heterocycles. The zero-order valence-electron chi connectivity index (χ0n) is 15.3. The van der Waals surface area contributed by atoms with Gasteiger partial charge in [-0.25, -0.2) is 4.79 Å². The SMILES string of the molecule is C=C/C=C(\C)C(=C)N(C(=C)CCC)c1cccc(C(=O)O)c1.CC. The molecule has 3 nitrogen and oxygen atoms in total. The normalized spacial score (nSPS) is 10.2. The van der Waals surface area contributed by atoms with E-state index in [1.54, 1.807) is 24.3 Å². The van der Waals surface area contributed by atoms with Crippen LogP contribution in [0.15, 0.2) is 73.1 Å². The number of aromatic carboxylic acids is 1. The second kappa shape index (κ2) is 11.1. The van der Waals surface area contributed by atoms with Crippen LogP contribution in [0.5, 0.6) is 0 Å². The molecule has 0 unspecified atom stereocenters. The molecule has 0 aliphatic rings. The molecule has 24 heavy (non-hydrogen) atoms. The van der Waals surface area contributed by atoms with Gasteiger partial charge in [0.05, 0.1) is 5.56 Å². The Morgan fingerprint density at radius 2 is 1.92 bits per heavy atom. The van der Waals surface area contributed by atoms with Crippen molar-refractivity contribution in [1.82, 2.24) is 0 Å². The van der Waals surface area contributed by atoms with Crippen LogP contribution >= 0.6 is 0 Å². The number of anilines is 1. The van der Waals surface area contributed by atoms with Crippen LogP contribution in [-0.2, 0) is 0 Å². The maximum atomic E-state index is 11.2.